The van der Waals surface area contributed by atoms with E-state index in [-0.39, 0.29) is 35.8 Å². The normalized spacial score (nSPS) is 21.3. The Hall–Kier alpha value is -3.53. The first-order valence-corrected chi connectivity index (χ1v) is 10.9. The highest BCUT2D eigenvalue weighted by atomic mass is 16.3. The predicted molar refractivity (Wildman–Crippen MR) is 121 cm³/mol. The molecule has 0 saturated carbocycles. The van der Waals surface area contributed by atoms with Crippen LogP contribution in [0.4, 0.5) is 0 Å². The van der Waals surface area contributed by atoms with Gasteiger partial charge in [0.2, 0.25) is 0 Å². The van der Waals surface area contributed by atoms with Gasteiger partial charge in [0.15, 0.2) is 5.65 Å². The van der Waals surface area contributed by atoms with Crippen LogP contribution in [0.25, 0.3) is 5.65 Å². The van der Waals surface area contributed by atoms with Gasteiger partial charge in [0.05, 0.1) is 23.5 Å². The summed E-state index contributed by atoms with van der Waals surface area (Å²) >= 11 is 0. The minimum Gasteiger partial charge on any atom is -0.483 e. The Balaban J connectivity index is 0.000000821. The first-order valence-electron chi connectivity index (χ1n) is 10.9. The molecule has 3 aromatic rings. The minimum atomic E-state index is -0.250. The van der Waals surface area contributed by atoms with E-state index < -0.39 is 0 Å². The summed E-state index contributed by atoms with van der Waals surface area (Å²) in [5.74, 6) is 0.397. The van der Waals surface area contributed by atoms with Crippen molar-refractivity contribution in [1.82, 2.24) is 29.0 Å². The average molecular weight is 453 g/mol. The van der Waals surface area contributed by atoms with Gasteiger partial charge in [0.25, 0.3) is 17.9 Å². The number of likely N-dealkylation sites (tertiary alicyclic amines) is 1. The molecule has 0 aliphatic carbocycles. The van der Waals surface area contributed by atoms with Crippen molar-refractivity contribution in [3.05, 3.63) is 64.0 Å². The number of fused-ring (bicyclic) bond motifs is 5. The number of hydrogen-bond acceptors (Lipinski definition) is 6. The molecule has 0 spiro atoms. The van der Waals surface area contributed by atoms with Crippen LogP contribution in [0, 0.1) is 12.8 Å². The van der Waals surface area contributed by atoms with Gasteiger partial charge in [-0.05, 0) is 39.4 Å². The lowest BCUT2D eigenvalue weighted by atomic mass is 9.78. The lowest BCUT2D eigenvalue weighted by Crippen LogP contribution is -2.53. The van der Waals surface area contributed by atoms with E-state index in [0.29, 0.717) is 18.7 Å². The third kappa shape index (κ3) is 4.13. The van der Waals surface area contributed by atoms with E-state index in [1.807, 2.05) is 48.7 Å². The molecule has 1 N–H and O–H groups in total. The second-order valence-corrected chi connectivity index (χ2v) is 8.86. The zero-order valence-electron chi connectivity index (χ0n) is 19.0. The molecule has 10 nitrogen and oxygen atoms in total. The summed E-state index contributed by atoms with van der Waals surface area (Å²) in [5.41, 5.74) is 3.21. The molecule has 3 aromatic heterocycles. The van der Waals surface area contributed by atoms with Crippen molar-refractivity contribution in [3.8, 4) is 0 Å². The Morgan fingerprint density at radius 3 is 2.76 bits per heavy atom. The maximum Gasteiger partial charge on any atom is 0.290 e. The summed E-state index contributed by atoms with van der Waals surface area (Å²) in [4.78, 5) is 43.0. The maximum atomic E-state index is 13.5. The SMILES string of the molecule is Cc1c(C(=O)N2C[C@H]3C[C@@H](C2)[C@H](CN(C)C)n2c3cccc2=O)cnc2ccnn12.O=CO. The standard InChI is InChI=1S/C22H26N6O2.CH2O2/c1-14-17(10-23-20-7-8-24-28(14)20)22(30)26-11-15-9-16(12-26)19(13-25(2)3)27-18(15)5-4-6-21(27)29;2-1-3/h4-8,10,15-16,19H,9,11-13H2,1-3H3;1H,(H,2,3)/t15-,16+,19+;/m1./s1. The van der Waals surface area contributed by atoms with Gasteiger partial charge >= 0.3 is 0 Å². The van der Waals surface area contributed by atoms with Crippen LogP contribution in [0.1, 0.15) is 40.1 Å². The third-order valence-corrected chi connectivity index (χ3v) is 6.52. The third-order valence-electron chi connectivity index (χ3n) is 6.52. The van der Waals surface area contributed by atoms with Crippen LogP contribution in [0.5, 0.6) is 0 Å². The fourth-order valence-electron chi connectivity index (χ4n) is 5.19. The van der Waals surface area contributed by atoms with E-state index in [0.717, 1.165) is 30.0 Å². The van der Waals surface area contributed by atoms with Crippen molar-refractivity contribution in [3.63, 3.8) is 0 Å². The number of nitrogens with zero attached hydrogens (tertiary/aromatic N) is 6. The van der Waals surface area contributed by atoms with E-state index >= 15 is 0 Å². The summed E-state index contributed by atoms with van der Waals surface area (Å²) in [6.07, 6.45) is 4.35. The predicted octanol–water partition coefficient (Wildman–Crippen LogP) is 1.26. The van der Waals surface area contributed by atoms with Crippen molar-refractivity contribution in [2.45, 2.75) is 25.3 Å². The largest absolute Gasteiger partial charge is 0.483 e. The van der Waals surface area contributed by atoms with Crippen molar-refractivity contribution < 1.29 is 14.7 Å². The second-order valence-electron chi connectivity index (χ2n) is 8.86. The molecule has 2 aliphatic heterocycles. The van der Waals surface area contributed by atoms with Crippen molar-refractivity contribution in [1.29, 1.82) is 0 Å². The average Bonchev–Trinajstić information content (AvgIpc) is 3.27. The maximum absolute atomic E-state index is 13.5. The van der Waals surface area contributed by atoms with E-state index in [1.54, 1.807) is 23.0 Å². The Morgan fingerprint density at radius 2 is 2.03 bits per heavy atom. The minimum absolute atomic E-state index is 0.0116. The van der Waals surface area contributed by atoms with Gasteiger partial charge in [0.1, 0.15) is 0 Å². The summed E-state index contributed by atoms with van der Waals surface area (Å²) in [5, 5.41) is 11.2. The van der Waals surface area contributed by atoms with Crippen molar-refractivity contribution >= 4 is 18.0 Å². The first-order chi connectivity index (χ1) is 15.8. The number of amides is 1. The zero-order valence-corrected chi connectivity index (χ0v) is 19.0. The number of carbonyl (C=O) groups is 2. The summed E-state index contributed by atoms with van der Waals surface area (Å²) in [6.45, 7) is 3.69. The molecule has 3 atom stereocenters. The first kappa shape index (κ1) is 22.7. The van der Waals surface area contributed by atoms with Gasteiger partial charge in [-0.3, -0.25) is 14.4 Å². The van der Waals surface area contributed by atoms with E-state index in [1.165, 1.54) is 0 Å². The van der Waals surface area contributed by atoms with Crippen LogP contribution in [-0.2, 0) is 4.79 Å². The number of aromatic nitrogens is 4. The number of likely N-dealkylation sites (N-methyl/N-ethyl adjacent to an activating group) is 1. The van der Waals surface area contributed by atoms with Gasteiger partial charge < -0.3 is 19.5 Å². The highest BCUT2D eigenvalue weighted by Gasteiger charge is 2.42. The highest BCUT2D eigenvalue weighted by molar-refractivity contribution is 5.95. The molecule has 0 unspecified atom stereocenters. The summed E-state index contributed by atoms with van der Waals surface area (Å²) in [7, 11) is 4.06. The molecule has 1 saturated heterocycles. The highest BCUT2D eigenvalue weighted by Crippen LogP contribution is 2.41. The summed E-state index contributed by atoms with van der Waals surface area (Å²) < 4.78 is 3.69. The molecule has 33 heavy (non-hydrogen) atoms. The molecule has 2 bridgehead atoms. The lowest BCUT2D eigenvalue weighted by Gasteiger charge is -2.47. The van der Waals surface area contributed by atoms with Crippen molar-refractivity contribution in [2.75, 3.05) is 33.7 Å². The van der Waals surface area contributed by atoms with Gasteiger partial charge in [-0.1, -0.05) is 6.07 Å². The Kier molecular flexibility index (Phi) is 6.28. The molecule has 5 rings (SSSR count). The number of carbonyl (C=O) groups excluding carboxylic acids is 1. The van der Waals surface area contributed by atoms with Crippen molar-refractivity contribution in [2.24, 2.45) is 5.92 Å². The van der Waals surface area contributed by atoms with Crippen LogP contribution in [-0.4, -0.2) is 80.2 Å². The topological polar surface area (TPSA) is 113 Å². The number of aryl methyl sites for hydroxylation is 1. The lowest BCUT2D eigenvalue weighted by molar-refractivity contribution is -0.122. The van der Waals surface area contributed by atoms with Crippen LogP contribution < -0.4 is 5.56 Å². The molecule has 0 aromatic carbocycles. The second kappa shape index (κ2) is 9.14. The fraction of sp³-hybridized carbons (Fsp3) is 0.435. The number of carboxylic acid groups (broad SMARTS) is 1. The smallest absolute Gasteiger partial charge is 0.290 e. The van der Waals surface area contributed by atoms with E-state index in [4.69, 9.17) is 9.90 Å². The van der Waals surface area contributed by atoms with Crippen LogP contribution in [0.15, 0.2) is 41.5 Å². The van der Waals surface area contributed by atoms with E-state index in [2.05, 4.69) is 15.0 Å². The molecule has 10 heteroatoms. The monoisotopic (exact) mass is 452 g/mol. The van der Waals surface area contributed by atoms with E-state index in [9.17, 15) is 9.59 Å². The molecule has 5 heterocycles. The molecule has 1 fully saturated rings. The molecular formula is C23H28N6O4. The van der Waals surface area contributed by atoms with Crippen LogP contribution >= 0.6 is 0 Å². The van der Waals surface area contributed by atoms with Gasteiger partial charge in [-0.25, -0.2) is 9.50 Å². The molecule has 2 aliphatic rings. The molecular weight excluding hydrogens is 424 g/mol. The summed E-state index contributed by atoms with van der Waals surface area (Å²) in [6, 6.07) is 7.41. The number of pyridine rings is 1. The van der Waals surface area contributed by atoms with Gasteiger partial charge in [-0.2, -0.15) is 5.10 Å². The quantitative estimate of drug-likeness (QED) is 0.595. The molecule has 1 amide bonds. The van der Waals surface area contributed by atoms with Crippen LogP contribution in [0.3, 0.4) is 0 Å². The fourth-order valence-corrected chi connectivity index (χ4v) is 5.19. The number of piperidine rings is 1. The number of hydrogen-bond donors (Lipinski definition) is 1. The zero-order chi connectivity index (χ0) is 23.7. The Morgan fingerprint density at radius 1 is 1.27 bits per heavy atom. The molecule has 0 radical (unpaired) electrons. The number of rotatable bonds is 3. The Labute approximate surface area is 191 Å². The Bertz CT molecular complexity index is 1230. The van der Waals surface area contributed by atoms with Crippen LogP contribution in [0.2, 0.25) is 0 Å². The molecule has 174 valence electrons. The van der Waals surface area contributed by atoms with Gasteiger partial charge in [-0.15, -0.1) is 0 Å². The van der Waals surface area contributed by atoms with Gasteiger partial charge in [0, 0.05) is 49.6 Å².